The van der Waals surface area contributed by atoms with Crippen LogP contribution in [0.2, 0.25) is 0 Å². The summed E-state index contributed by atoms with van der Waals surface area (Å²) in [6, 6.07) is 6.51. The van der Waals surface area contributed by atoms with E-state index in [1.54, 1.807) is 6.07 Å². The molecule has 0 unspecified atom stereocenters. The van der Waals surface area contributed by atoms with Gasteiger partial charge in [-0.3, -0.25) is 0 Å². The predicted molar refractivity (Wildman–Crippen MR) is 60.7 cm³/mol. The van der Waals surface area contributed by atoms with E-state index in [9.17, 15) is 17.6 Å². The first-order chi connectivity index (χ1) is 9.01. The first-order valence-electron chi connectivity index (χ1n) is 5.12. The van der Waals surface area contributed by atoms with Crippen molar-refractivity contribution >= 4 is 11.4 Å². The van der Waals surface area contributed by atoms with Crippen molar-refractivity contribution in [2.75, 3.05) is 5.32 Å². The maximum absolute atomic E-state index is 13.0. The molecule has 0 fully saturated rings. The van der Waals surface area contributed by atoms with Crippen molar-refractivity contribution in [1.82, 2.24) is 0 Å². The Bertz CT molecular complexity index is 654. The molecule has 0 saturated heterocycles. The minimum atomic E-state index is -1.58. The van der Waals surface area contributed by atoms with Crippen LogP contribution < -0.4 is 5.32 Å². The van der Waals surface area contributed by atoms with Crippen LogP contribution in [0.15, 0.2) is 30.3 Å². The summed E-state index contributed by atoms with van der Waals surface area (Å²) in [5.41, 5.74) is 0.0407. The normalized spacial score (nSPS) is 10.1. The molecule has 96 valence electrons. The highest BCUT2D eigenvalue weighted by Gasteiger charge is 2.11. The van der Waals surface area contributed by atoms with Gasteiger partial charge in [0, 0.05) is 17.8 Å². The molecule has 0 aliphatic heterocycles. The van der Waals surface area contributed by atoms with Gasteiger partial charge in [-0.2, -0.15) is 5.26 Å². The van der Waals surface area contributed by atoms with Crippen molar-refractivity contribution in [2.24, 2.45) is 0 Å². The molecule has 0 bridgehead atoms. The van der Waals surface area contributed by atoms with Gasteiger partial charge in [-0.15, -0.1) is 0 Å². The Kier molecular flexibility index (Phi) is 3.38. The van der Waals surface area contributed by atoms with E-state index >= 15 is 0 Å². The fourth-order valence-corrected chi connectivity index (χ4v) is 1.50. The standard InChI is InChI=1S/C13H6F4N2/c14-8-1-2-12(7(3-8)6-18)19-9-4-10(15)13(17)11(16)5-9/h1-5,19H. The monoisotopic (exact) mass is 266 g/mol. The molecule has 0 atom stereocenters. The van der Waals surface area contributed by atoms with E-state index in [0.717, 1.165) is 24.3 Å². The van der Waals surface area contributed by atoms with Gasteiger partial charge in [-0.05, 0) is 18.2 Å². The van der Waals surface area contributed by atoms with Crippen LogP contribution in [-0.4, -0.2) is 0 Å². The number of anilines is 2. The van der Waals surface area contributed by atoms with Crippen LogP contribution in [0.3, 0.4) is 0 Å². The Morgan fingerprint density at radius 3 is 2.16 bits per heavy atom. The van der Waals surface area contributed by atoms with Crippen molar-refractivity contribution in [3.8, 4) is 6.07 Å². The maximum Gasteiger partial charge on any atom is 0.194 e. The Balaban J connectivity index is 2.40. The third-order valence-corrected chi connectivity index (χ3v) is 2.36. The van der Waals surface area contributed by atoms with E-state index in [1.807, 2.05) is 0 Å². The van der Waals surface area contributed by atoms with Gasteiger partial charge in [0.1, 0.15) is 11.9 Å². The number of nitriles is 1. The van der Waals surface area contributed by atoms with Crippen LogP contribution >= 0.6 is 0 Å². The molecule has 0 aromatic heterocycles. The summed E-state index contributed by atoms with van der Waals surface area (Å²) in [7, 11) is 0. The van der Waals surface area contributed by atoms with Crippen LogP contribution in [-0.2, 0) is 0 Å². The second-order valence-electron chi connectivity index (χ2n) is 3.68. The Labute approximate surface area is 105 Å². The number of hydrogen-bond acceptors (Lipinski definition) is 2. The van der Waals surface area contributed by atoms with Crippen molar-refractivity contribution < 1.29 is 17.6 Å². The second kappa shape index (κ2) is 4.98. The Morgan fingerprint density at radius 2 is 1.58 bits per heavy atom. The molecular weight excluding hydrogens is 260 g/mol. The Hall–Kier alpha value is -2.55. The summed E-state index contributed by atoms with van der Waals surface area (Å²) >= 11 is 0. The fourth-order valence-electron chi connectivity index (χ4n) is 1.50. The van der Waals surface area contributed by atoms with Gasteiger partial charge in [0.25, 0.3) is 0 Å². The number of nitrogens with zero attached hydrogens (tertiary/aromatic N) is 1. The number of rotatable bonds is 2. The molecule has 2 aromatic rings. The SMILES string of the molecule is N#Cc1cc(F)ccc1Nc1cc(F)c(F)c(F)c1. The van der Waals surface area contributed by atoms with E-state index in [-0.39, 0.29) is 16.9 Å². The summed E-state index contributed by atoms with van der Waals surface area (Å²) in [6.45, 7) is 0. The van der Waals surface area contributed by atoms with E-state index in [4.69, 9.17) is 5.26 Å². The van der Waals surface area contributed by atoms with E-state index < -0.39 is 23.3 Å². The van der Waals surface area contributed by atoms with Crippen molar-refractivity contribution in [1.29, 1.82) is 5.26 Å². The first kappa shape index (κ1) is 12.9. The third kappa shape index (κ3) is 2.65. The Morgan fingerprint density at radius 1 is 0.947 bits per heavy atom. The smallest absolute Gasteiger partial charge is 0.194 e. The minimum Gasteiger partial charge on any atom is -0.354 e. The highest BCUT2D eigenvalue weighted by Crippen LogP contribution is 2.24. The average molecular weight is 266 g/mol. The number of halogens is 4. The van der Waals surface area contributed by atoms with E-state index in [0.29, 0.717) is 0 Å². The molecule has 2 aromatic carbocycles. The average Bonchev–Trinajstić information content (AvgIpc) is 2.38. The van der Waals surface area contributed by atoms with Gasteiger partial charge in [-0.1, -0.05) is 0 Å². The molecule has 19 heavy (non-hydrogen) atoms. The van der Waals surface area contributed by atoms with Gasteiger partial charge < -0.3 is 5.32 Å². The summed E-state index contributed by atoms with van der Waals surface area (Å²) in [5.74, 6) is -4.91. The lowest BCUT2D eigenvalue weighted by atomic mass is 10.1. The number of hydrogen-bond donors (Lipinski definition) is 1. The lowest BCUT2D eigenvalue weighted by Crippen LogP contribution is -1.98. The molecule has 0 radical (unpaired) electrons. The van der Waals surface area contributed by atoms with Crippen molar-refractivity contribution in [2.45, 2.75) is 0 Å². The fraction of sp³-hybridized carbons (Fsp3) is 0. The lowest BCUT2D eigenvalue weighted by molar-refractivity contribution is 0.448. The van der Waals surface area contributed by atoms with Gasteiger partial charge in [0.15, 0.2) is 17.5 Å². The summed E-state index contributed by atoms with van der Waals surface area (Å²) < 4.78 is 51.7. The molecule has 0 saturated carbocycles. The summed E-state index contributed by atoms with van der Waals surface area (Å²) in [6.07, 6.45) is 0. The van der Waals surface area contributed by atoms with Gasteiger partial charge >= 0.3 is 0 Å². The van der Waals surface area contributed by atoms with Crippen molar-refractivity contribution in [3.63, 3.8) is 0 Å². The lowest BCUT2D eigenvalue weighted by Gasteiger charge is -2.09. The summed E-state index contributed by atoms with van der Waals surface area (Å²) in [5, 5.41) is 11.3. The molecule has 0 amide bonds. The zero-order valence-corrected chi connectivity index (χ0v) is 9.35. The van der Waals surface area contributed by atoms with Crippen LogP contribution in [0.25, 0.3) is 0 Å². The molecule has 0 spiro atoms. The van der Waals surface area contributed by atoms with Gasteiger partial charge in [0.05, 0.1) is 11.3 Å². The molecule has 2 nitrogen and oxygen atoms in total. The van der Waals surface area contributed by atoms with Crippen LogP contribution in [0.4, 0.5) is 28.9 Å². The zero-order chi connectivity index (χ0) is 14.0. The molecular formula is C13H6F4N2. The third-order valence-electron chi connectivity index (χ3n) is 2.36. The molecule has 0 aliphatic rings. The molecule has 6 heteroatoms. The quantitative estimate of drug-likeness (QED) is 0.661. The van der Waals surface area contributed by atoms with Crippen molar-refractivity contribution in [3.05, 3.63) is 59.2 Å². The highest BCUT2D eigenvalue weighted by atomic mass is 19.2. The first-order valence-corrected chi connectivity index (χ1v) is 5.12. The van der Waals surface area contributed by atoms with E-state index in [2.05, 4.69) is 5.32 Å². The minimum absolute atomic E-state index is 0.0369. The second-order valence-corrected chi connectivity index (χ2v) is 3.68. The van der Waals surface area contributed by atoms with Crippen LogP contribution in [0.5, 0.6) is 0 Å². The van der Waals surface area contributed by atoms with E-state index in [1.165, 1.54) is 6.07 Å². The van der Waals surface area contributed by atoms with Gasteiger partial charge in [0.2, 0.25) is 0 Å². The maximum atomic E-state index is 13.0. The number of nitrogens with one attached hydrogen (secondary N) is 1. The molecule has 0 heterocycles. The number of benzene rings is 2. The van der Waals surface area contributed by atoms with Gasteiger partial charge in [-0.25, -0.2) is 17.6 Å². The largest absolute Gasteiger partial charge is 0.354 e. The topological polar surface area (TPSA) is 35.8 Å². The molecule has 0 aliphatic carbocycles. The summed E-state index contributed by atoms with van der Waals surface area (Å²) in [4.78, 5) is 0. The van der Waals surface area contributed by atoms with Crippen LogP contribution in [0.1, 0.15) is 5.56 Å². The molecule has 1 N–H and O–H groups in total. The van der Waals surface area contributed by atoms with Crippen LogP contribution in [0, 0.1) is 34.6 Å². The molecule has 2 rings (SSSR count). The predicted octanol–water partition coefficient (Wildman–Crippen LogP) is 3.86. The zero-order valence-electron chi connectivity index (χ0n) is 9.35. The highest BCUT2D eigenvalue weighted by molar-refractivity contribution is 5.66.